The number of rotatable bonds is 3. The van der Waals surface area contributed by atoms with Crippen LogP contribution in [0.1, 0.15) is 21.1 Å². The normalized spacial score (nSPS) is 16.3. The van der Waals surface area contributed by atoms with E-state index in [2.05, 4.69) is 25.6 Å². The van der Waals surface area contributed by atoms with Gasteiger partial charge in [-0.2, -0.15) is 0 Å². The number of fused-ring (bicyclic) bond motifs is 1. The number of thiazole rings is 1. The molecule has 4 rings (SSSR count). The van der Waals surface area contributed by atoms with E-state index >= 15 is 0 Å². The smallest absolute Gasteiger partial charge is 0.320 e. The van der Waals surface area contributed by atoms with Crippen LogP contribution < -0.4 is 15.5 Å². The first-order valence-corrected chi connectivity index (χ1v) is 10.4. The van der Waals surface area contributed by atoms with Gasteiger partial charge in [0.1, 0.15) is 11.5 Å². The Balaban J connectivity index is 1.52. The fraction of sp³-hybridized carbons (Fsp3) is 0.471. The summed E-state index contributed by atoms with van der Waals surface area (Å²) in [5.41, 5.74) is 1.24. The van der Waals surface area contributed by atoms with Gasteiger partial charge in [0.15, 0.2) is 5.13 Å². The summed E-state index contributed by atoms with van der Waals surface area (Å²) in [5.74, 6) is 0.424. The Hall–Kier alpha value is -2.50. The van der Waals surface area contributed by atoms with Crippen LogP contribution in [-0.2, 0) is 17.7 Å². The molecule has 154 valence electrons. The first-order valence-electron chi connectivity index (χ1n) is 9.17. The molecule has 2 aliphatic heterocycles. The van der Waals surface area contributed by atoms with Crippen LogP contribution in [0, 0.1) is 0 Å². The topological polar surface area (TPSA) is 113 Å². The Labute approximate surface area is 176 Å². The number of anilines is 2. The summed E-state index contributed by atoms with van der Waals surface area (Å²) in [4.78, 5) is 42.0. The second-order valence-corrected chi connectivity index (χ2v) is 7.97. The predicted molar refractivity (Wildman–Crippen MR) is 109 cm³/mol. The summed E-state index contributed by atoms with van der Waals surface area (Å²) in [7, 11) is 1.55. The molecule has 0 spiro atoms. The van der Waals surface area contributed by atoms with Crippen LogP contribution in [0.3, 0.4) is 0 Å². The van der Waals surface area contributed by atoms with Gasteiger partial charge in [0.25, 0.3) is 5.91 Å². The number of carbonyl (C=O) groups is 2. The van der Waals surface area contributed by atoms with Crippen molar-refractivity contribution >= 4 is 45.8 Å². The Kier molecular flexibility index (Phi) is 5.79. The molecular weight excluding hydrogens is 418 g/mol. The number of halogens is 1. The second kappa shape index (κ2) is 8.47. The molecule has 0 bridgehead atoms. The van der Waals surface area contributed by atoms with E-state index in [1.165, 1.54) is 11.3 Å². The predicted octanol–water partition coefficient (Wildman–Crippen LogP) is 1.37. The van der Waals surface area contributed by atoms with Crippen LogP contribution in [0.2, 0.25) is 5.28 Å². The van der Waals surface area contributed by atoms with Crippen molar-refractivity contribution in [1.82, 2.24) is 25.2 Å². The highest BCUT2D eigenvalue weighted by Gasteiger charge is 2.25. The fourth-order valence-corrected chi connectivity index (χ4v) is 4.41. The van der Waals surface area contributed by atoms with E-state index in [4.69, 9.17) is 16.3 Å². The van der Waals surface area contributed by atoms with Crippen molar-refractivity contribution in [2.45, 2.75) is 13.0 Å². The number of aromatic nitrogens is 3. The molecule has 1 saturated heterocycles. The molecule has 0 unspecified atom stereocenters. The maximum absolute atomic E-state index is 12.8. The molecule has 4 heterocycles. The van der Waals surface area contributed by atoms with Crippen LogP contribution in [0.25, 0.3) is 0 Å². The highest BCUT2D eigenvalue weighted by atomic mass is 35.5. The lowest BCUT2D eigenvalue weighted by Crippen LogP contribution is -2.41. The van der Waals surface area contributed by atoms with E-state index in [0.29, 0.717) is 56.8 Å². The fourth-order valence-electron chi connectivity index (χ4n) is 3.21. The lowest BCUT2D eigenvalue weighted by atomic mass is 10.2. The SMILES string of the molecule is CNC(=O)Nc1nc2c(s1)CN(c1cc(C(=O)N3CCOCC3)nc(Cl)n1)CC2. The average Bonchev–Trinajstić information content (AvgIpc) is 3.14. The van der Waals surface area contributed by atoms with Gasteiger partial charge >= 0.3 is 6.03 Å². The number of amides is 3. The molecule has 0 aliphatic carbocycles. The number of morpholine rings is 1. The quantitative estimate of drug-likeness (QED) is 0.697. The summed E-state index contributed by atoms with van der Waals surface area (Å²) < 4.78 is 5.30. The monoisotopic (exact) mass is 437 g/mol. The molecule has 12 heteroatoms. The molecule has 29 heavy (non-hydrogen) atoms. The second-order valence-electron chi connectivity index (χ2n) is 6.55. The van der Waals surface area contributed by atoms with Crippen molar-refractivity contribution in [2.75, 3.05) is 50.1 Å². The molecule has 2 aromatic heterocycles. The summed E-state index contributed by atoms with van der Waals surface area (Å²) in [6, 6.07) is 1.38. The van der Waals surface area contributed by atoms with E-state index in [1.54, 1.807) is 18.0 Å². The van der Waals surface area contributed by atoms with E-state index in [-0.39, 0.29) is 22.9 Å². The van der Waals surface area contributed by atoms with Crippen LogP contribution in [-0.4, -0.2) is 71.7 Å². The third-order valence-corrected chi connectivity index (χ3v) is 5.87. The van der Waals surface area contributed by atoms with Gasteiger partial charge in [-0.15, -0.1) is 0 Å². The average molecular weight is 438 g/mol. The minimum absolute atomic E-state index is 0.0381. The molecule has 0 saturated carbocycles. The number of hydrogen-bond donors (Lipinski definition) is 2. The molecule has 2 N–H and O–H groups in total. The minimum Gasteiger partial charge on any atom is -0.378 e. The van der Waals surface area contributed by atoms with E-state index in [0.717, 1.165) is 10.6 Å². The van der Waals surface area contributed by atoms with Gasteiger partial charge < -0.3 is 19.9 Å². The largest absolute Gasteiger partial charge is 0.378 e. The number of nitrogens with zero attached hydrogens (tertiary/aromatic N) is 5. The van der Waals surface area contributed by atoms with Gasteiger partial charge in [-0.25, -0.2) is 19.7 Å². The zero-order chi connectivity index (χ0) is 20.4. The zero-order valence-electron chi connectivity index (χ0n) is 15.8. The molecule has 0 radical (unpaired) electrons. The highest BCUT2D eigenvalue weighted by Crippen LogP contribution is 2.30. The summed E-state index contributed by atoms with van der Waals surface area (Å²) in [6.45, 7) is 3.35. The van der Waals surface area contributed by atoms with Gasteiger partial charge in [-0.05, 0) is 11.6 Å². The van der Waals surface area contributed by atoms with Crippen molar-refractivity contribution in [3.63, 3.8) is 0 Å². The van der Waals surface area contributed by atoms with Gasteiger partial charge in [0, 0.05) is 44.0 Å². The molecule has 2 aromatic rings. The minimum atomic E-state index is -0.304. The van der Waals surface area contributed by atoms with Crippen molar-refractivity contribution < 1.29 is 14.3 Å². The van der Waals surface area contributed by atoms with E-state index in [1.807, 2.05) is 4.90 Å². The maximum atomic E-state index is 12.8. The molecule has 0 aromatic carbocycles. The molecule has 0 atom stereocenters. The Bertz CT molecular complexity index is 932. The van der Waals surface area contributed by atoms with Crippen LogP contribution >= 0.6 is 22.9 Å². The summed E-state index contributed by atoms with van der Waals surface area (Å²) >= 11 is 7.55. The first kappa shape index (κ1) is 19.8. The van der Waals surface area contributed by atoms with Crippen LogP contribution in [0.15, 0.2) is 6.07 Å². The third-order valence-electron chi connectivity index (χ3n) is 4.71. The molecular formula is C17H20ClN7O3S. The van der Waals surface area contributed by atoms with Crippen molar-refractivity contribution in [3.05, 3.63) is 27.6 Å². The number of carbonyl (C=O) groups excluding carboxylic acids is 2. The third kappa shape index (κ3) is 4.41. The number of nitrogens with one attached hydrogen (secondary N) is 2. The summed E-state index contributed by atoms with van der Waals surface area (Å²) in [5, 5.41) is 5.81. The van der Waals surface area contributed by atoms with Crippen molar-refractivity contribution in [3.8, 4) is 0 Å². The zero-order valence-corrected chi connectivity index (χ0v) is 17.3. The number of ether oxygens (including phenoxy) is 1. The van der Waals surface area contributed by atoms with Gasteiger partial charge in [-0.3, -0.25) is 10.1 Å². The lowest BCUT2D eigenvalue weighted by molar-refractivity contribution is 0.0299. The molecule has 2 aliphatic rings. The van der Waals surface area contributed by atoms with Gasteiger partial charge in [0.05, 0.1) is 25.5 Å². The van der Waals surface area contributed by atoms with Crippen molar-refractivity contribution in [2.24, 2.45) is 0 Å². The maximum Gasteiger partial charge on any atom is 0.320 e. The molecule has 10 nitrogen and oxygen atoms in total. The van der Waals surface area contributed by atoms with Crippen LogP contribution in [0.5, 0.6) is 0 Å². The number of hydrogen-bond acceptors (Lipinski definition) is 8. The first-order chi connectivity index (χ1) is 14.0. The number of urea groups is 1. The van der Waals surface area contributed by atoms with E-state index < -0.39 is 0 Å². The lowest BCUT2D eigenvalue weighted by Gasteiger charge is -2.28. The Morgan fingerprint density at radius 1 is 1.21 bits per heavy atom. The highest BCUT2D eigenvalue weighted by molar-refractivity contribution is 7.15. The van der Waals surface area contributed by atoms with Gasteiger partial charge in [0.2, 0.25) is 5.28 Å². The molecule has 1 fully saturated rings. The molecule has 3 amide bonds. The van der Waals surface area contributed by atoms with Crippen molar-refractivity contribution in [1.29, 1.82) is 0 Å². The summed E-state index contributed by atoms with van der Waals surface area (Å²) in [6.07, 6.45) is 0.704. The van der Waals surface area contributed by atoms with Crippen LogP contribution in [0.4, 0.5) is 15.7 Å². The van der Waals surface area contributed by atoms with Gasteiger partial charge in [-0.1, -0.05) is 11.3 Å². The van der Waals surface area contributed by atoms with E-state index in [9.17, 15) is 9.59 Å². The Morgan fingerprint density at radius 3 is 2.76 bits per heavy atom. The standard InChI is InChI=1S/C17H20ClN7O3S/c1-19-16(27)23-17-21-10-2-3-25(9-12(10)29-17)13-8-11(20-15(18)22-13)14(26)24-4-6-28-7-5-24/h8H,2-7,9H2,1H3,(H2,19,21,23,27). The Morgan fingerprint density at radius 2 is 2.00 bits per heavy atom.